The molecule has 25 heavy (non-hydrogen) atoms. The van der Waals surface area contributed by atoms with E-state index in [-0.39, 0.29) is 0 Å². The molecule has 2 aliphatic rings. The van der Waals surface area contributed by atoms with E-state index in [2.05, 4.69) is 66.5 Å². The number of aryl methyl sites for hydroxylation is 2. The minimum atomic E-state index is -0.507. The van der Waals surface area contributed by atoms with Crippen LogP contribution in [0.25, 0.3) is 0 Å². The van der Waals surface area contributed by atoms with Crippen LogP contribution < -0.4 is 0 Å². The van der Waals surface area contributed by atoms with E-state index in [1.165, 1.54) is 41.6 Å². The standard InChI is InChI=1S/C23H26N2/c1-25-16-6-9-20(25)14-15-23(17-24)21-10-4-2-7-18(21)12-13-19-8-3-5-11-22(19)23/h2-5,7-8,10-11,20H,6,9,12-16H2,1H3. The van der Waals surface area contributed by atoms with E-state index in [0.717, 1.165) is 25.7 Å². The van der Waals surface area contributed by atoms with E-state index in [4.69, 9.17) is 0 Å². The third-order valence-corrected chi connectivity index (χ3v) is 6.33. The lowest BCUT2D eigenvalue weighted by molar-refractivity contribution is 0.282. The smallest absolute Gasteiger partial charge is 0.108 e. The Bertz CT molecular complexity index is 754. The Morgan fingerprint density at radius 1 is 1.04 bits per heavy atom. The summed E-state index contributed by atoms with van der Waals surface area (Å²) in [6.07, 6.45) is 6.61. The lowest BCUT2D eigenvalue weighted by Gasteiger charge is -2.32. The zero-order valence-electron chi connectivity index (χ0n) is 15.0. The van der Waals surface area contributed by atoms with Gasteiger partial charge in [0.05, 0.1) is 6.07 Å². The van der Waals surface area contributed by atoms with Crippen molar-refractivity contribution < 1.29 is 0 Å². The van der Waals surface area contributed by atoms with E-state index in [1.54, 1.807) is 0 Å². The lowest BCUT2D eigenvalue weighted by atomic mass is 9.70. The molecular weight excluding hydrogens is 304 g/mol. The molecule has 1 unspecified atom stereocenters. The van der Waals surface area contributed by atoms with Crippen molar-refractivity contribution in [3.8, 4) is 6.07 Å². The summed E-state index contributed by atoms with van der Waals surface area (Å²) in [5.41, 5.74) is 4.67. The van der Waals surface area contributed by atoms with Gasteiger partial charge in [0.2, 0.25) is 0 Å². The van der Waals surface area contributed by atoms with Crippen LogP contribution in [0.3, 0.4) is 0 Å². The normalized spacial score (nSPS) is 21.8. The second kappa shape index (κ2) is 6.65. The molecule has 1 aliphatic heterocycles. The third kappa shape index (κ3) is 2.77. The molecule has 1 atom stereocenters. The molecule has 0 saturated carbocycles. The number of benzene rings is 2. The quantitative estimate of drug-likeness (QED) is 0.830. The molecule has 2 nitrogen and oxygen atoms in total. The summed E-state index contributed by atoms with van der Waals surface area (Å²) < 4.78 is 0. The number of nitrogens with zero attached hydrogens (tertiary/aromatic N) is 2. The van der Waals surface area contributed by atoms with Crippen molar-refractivity contribution in [1.82, 2.24) is 4.90 Å². The number of nitriles is 1. The van der Waals surface area contributed by atoms with Crippen LogP contribution >= 0.6 is 0 Å². The molecule has 1 saturated heterocycles. The molecule has 0 aromatic heterocycles. The summed E-state index contributed by atoms with van der Waals surface area (Å²) in [5, 5.41) is 10.4. The molecule has 0 radical (unpaired) electrons. The van der Waals surface area contributed by atoms with E-state index < -0.39 is 5.41 Å². The first kappa shape index (κ1) is 16.4. The van der Waals surface area contributed by atoms with Crippen LogP contribution in [0.5, 0.6) is 0 Å². The summed E-state index contributed by atoms with van der Waals surface area (Å²) in [6, 6.07) is 20.7. The lowest BCUT2D eigenvalue weighted by Crippen LogP contribution is -2.32. The van der Waals surface area contributed by atoms with Gasteiger partial charge in [-0.3, -0.25) is 0 Å². The predicted octanol–water partition coefficient (Wildman–Crippen LogP) is 4.47. The minimum Gasteiger partial charge on any atom is -0.303 e. The van der Waals surface area contributed by atoms with Crippen LogP contribution in [0.4, 0.5) is 0 Å². The minimum absolute atomic E-state index is 0.507. The van der Waals surface area contributed by atoms with Crippen molar-refractivity contribution in [2.45, 2.75) is 50.0 Å². The van der Waals surface area contributed by atoms with Crippen molar-refractivity contribution >= 4 is 0 Å². The van der Waals surface area contributed by atoms with Gasteiger partial charge >= 0.3 is 0 Å². The van der Waals surface area contributed by atoms with Gasteiger partial charge < -0.3 is 4.90 Å². The second-order valence-electron chi connectivity index (χ2n) is 7.65. The molecule has 0 spiro atoms. The molecule has 0 amide bonds. The first-order valence-corrected chi connectivity index (χ1v) is 9.53. The van der Waals surface area contributed by atoms with Crippen LogP contribution in [-0.4, -0.2) is 24.5 Å². The van der Waals surface area contributed by atoms with Gasteiger partial charge in [-0.25, -0.2) is 0 Å². The molecule has 1 heterocycles. The number of hydrogen-bond acceptors (Lipinski definition) is 2. The first-order valence-electron chi connectivity index (χ1n) is 9.53. The van der Waals surface area contributed by atoms with Crippen molar-refractivity contribution in [3.05, 3.63) is 70.8 Å². The van der Waals surface area contributed by atoms with E-state index in [9.17, 15) is 5.26 Å². The highest BCUT2D eigenvalue weighted by Crippen LogP contribution is 2.43. The Balaban J connectivity index is 1.80. The first-order chi connectivity index (χ1) is 12.2. The van der Waals surface area contributed by atoms with Crippen LogP contribution in [-0.2, 0) is 18.3 Å². The third-order valence-electron chi connectivity index (χ3n) is 6.33. The van der Waals surface area contributed by atoms with E-state index >= 15 is 0 Å². The molecule has 0 N–H and O–H groups in total. The molecule has 4 rings (SSSR count). The largest absolute Gasteiger partial charge is 0.303 e. The summed E-state index contributed by atoms with van der Waals surface area (Å²) in [4.78, 5) is 2.47. The Hall–Kier alpha value is -2.11. The van der Waals surface area contributed by atoms with Gasteiger partial charge in [-0.15, -0.1) is 0 Å². The number of hydrogen-bond donors (Lipinski definition) is 0. The maximum atomic E-state index is 10.4. The second-order valence-corrected chi connectivity index (χ2v) is 7.65. The fourth-order valence-electron chi connectivity index (χ4n) is 4.90. The van der Waals surface area contributed by atoms with Crippen molar-refractivity contribution in [1.29, 1.82) is 5.26 Å². The number of likely N-dealkylation sites (tertiary alicyclic amines) is 1. The van der Waals surface area contributed by atoms with Gasteiger partial charge in [-0.2, -0.15) is 5.26 Å². The van der Waals surface area contributed by atoms with Crippen LogP contribution in [0, 0.1) is 11.3 Å². The van der Waals surface area contributed by atoms with Gasteiger partial charge in [0.25, 0.3) is 0 Å². The Morgan fingerprint density at radius 3 is 2.16 bits per heavy atom. The van der Waals surface area contributed by atoms with Crippen LogP contribution in [0.1, 0.15) is 47.9 Å². The highest BCUT2D eigenvalue weighted by Gasteiger charge is 2.40. The van der Waals surface area contributed by atoms with Gasteiger partial charge in [-0.05, 0) is 74.4 Å². The molecule has 1 aliphatic carbocycles. The van der Waals surface area contributed by atoms with Gasteiger partial charge in [0.15, 0.2) is 0 Å². The monoisotopic (exact) mass is 330 g/mol. The molecule has 2 aromatic rings. The average Bonchev–Trinajstić information content (AvgIpc) is 3.01. The number of fused-ring (bicyclic) bond motifs is 2. The van der Waals surface area contributed by atoms with Crippen molar-refractivity contribution in [3.63, 3.8) is 0 Å². The number of rotatable bonds is 3. The molecule has 1 fully saturated rings. The Morgan fingerprint density at radius 2 is 1.64 bits per heavy atom. The summed E-state index contributed by atoms with van der Waals surface area (Å²) >= 11 is 0. The molecule has 128 valence electrons. The van der Waals surface area contributed by atoms with Gasteiger partial charge in [-0.1, -0.05) is 48.5 Å². The molecule has 2 heteroatoms. The Kier molecular flexibility index (Phi) is 4.36. The SMILES string of the molecule is CN1CCCC1CCC1(C#N)c2ccccc2CCc2ccccc21. The maximum absolute atomic E-state index is 10.4. The summed E-state index contributed by atoms with van der Waals surface area (Å²) in [7, 11) is 2.23. The molecular formula is C23H26N2. The average molecular weight is 330 g/mol. The van der Waals surface area contributed by atoms with Crippen molar-refractivity contribution in [2.24, 2.45) is 0 Å². The fourth-order valence-corrected chi connectivity index (χ4v) is 4.90. The van der Waals surface area contributed by atoms with Gasteiger partial charge in [0.1, 0.15) is 5.41 Å². The highest BCUT2D eigenvalue weighted by molar-refractivity contribution is 5.54. The maximum Gasteiger partial charge on any atom is 0.108 e. The Labute approximate surface area is 151 Å². The zero-order valence-corrected chi connectivity index (χ0v) is 15.0. The summed E-state index contributed by atoms with van der Waals surface area (Å²) in [5.74, 6) is 0. The van der Waals surface area contributed by atoms with Crippen LogP contribution in [0.15, 0.2) is 48.5 Å². The van der Waals surface area contributed by atoms with Gasteiger partial charge in [0, 0.05) is 6.04 Å². The van der Waals surface area contributed by atoms with Crippen LogP contribution in [0.2, 0.25) is 0 Å². The highest BCUT2D eigenvalue weighted by atomic mass is 15.1. The van der Waals surface area contributed by atoms with E-state index in [1.807, 2.05) is 0 Å². The van der Waals surface area contributed by atoms with E-state index in [0.29, 0.717) is 6.04 Å². The molecule has 2 aromatic carbocycles. The zero-order chi connectivity index (χ0) is 17.3. The fraction of sp³-hybridized carbons (Fsp3) is 0.435. The predicted molar refractivity (Wildman–Crippen MR) is 102 cm³/mol. The summed E-state index contributed by atoms with van der Waals surface area (Å²) in [6.45, 7) is 1.19. The van der Waals surface area contributed by atoms with Crippen molar-refractivity contribution in [2.75, 3.05) is 13.6 Å². The topological polar surface area (TPSA) is 27.0 Å². The molecule has 0 bridgehead atoms.